The number of aromatic hydroxyl groups is 1. The van der Waals surface area contributed by atoms with Crippen LogP contribution in [0.25, 0.3) is 0 Å². The first-order chi connectivity index (χ1) is 7.35. The normalized spacial score (nSPS) is 10.6. The van der Waals surface area contributed by atoms with Gasteiger partial charge in [0.05, 0.1) is 16.1 Å². The Morgan fingerprint density at radius 2 is 2.19 bits per heavy atom. The largest absolute Gasteiger partial charge is 0.508 e. The van der Waals surface area contributed by atoms with Crippen molar-refractivity contribution < 1.29 is 9.90 Å². The maximum Gasteiger partial charge on any atom is 0.254 e. The molecule has 16 heavy (non-hydrogen) atoms. The van der Waals surface area contributed by atoms with E-state index in [1.165, 1.54) is 18.2 Å². The van der Waals surface area contributed by atoms with Gasteiger partial charge in [0.1, 0.15) is 5.75 Å². The van der Waals surface area contributed by atoms with E-state index in [1.54, 1.807) is 13.8 Å². The predicted molar refractivity (Wildman–Crippen MR) is 63.5 cm³/mol. The number of terminal acetylenes is 1. The summed E-state index contributed by atoms with van der Waals surface area (Å²) in [5, 5.41) is 12.1. The lowest BCUT2D eigenvalue weighted by Crippen LogP contribution is -2.42. The summed E-state index contributed by atoms with van der Waals surface area (Å²) in [5.74, 6) is 2.01. The van der Waals surface area contributed by atoms with E-state index >= 15 is 0 Å². The molecule has 4 heteroatoms. The fourth-order valence-corrected chi connectivity index (χ4v) is 1.28. The number of hydrogen-bond acceptors (Lipinski definition) is 2. The second kappa shape index (κ2) is 4.46. The SMILES string of the molecule is C#CC(C)(C)NC(=O)c1cc(O)ccc1Cl. The number of rotatable bonds is 2. The van der Waals surface area contributed by atoms with E-state index in [1.807, 2.05) is 0 Å². The Kier molecular flexibility index (Phi) is 3.46. The van der Waals surface area contributed by atoms with Gasteiger partial charge in [0.25, 0.3) is 5.91 Å². The Hall–Kier alpha value is -1.66. The highest BCUT2D eigenvalue weighted by molar-refractivity contribution is 6.33. The minimum Gasteiger partial charge on any atom is -0.508 e. The summed E-state index contributed by atoms with van der Waals surface area (Å²) >= 11 is 5.84. The van der Waals surface area contributed by atoms with Crippen LogP contribution in [-0.4, -0.2) is 16.6 Å². The summed E-state index contributed by atoms with van der Waals surface area (Å²) < 4.78 is 0. The molecule has 3 nitrogen and oxygen atoms in total. The van der Waals surface area contributed by atoms with Crippen molar-refractivity contribution in [1.29, 1.82) is 0 Å². The molecule has 0 heterocycles. The standard InChI is InChI=1S/C12H12ClNO2/c1-4-12(2,3)14-11(16)9-7-8(15)5-6-10(9)13/h1,5-7,15H,2-3H3,(H,14,16). The number of phenolic OH excluding ortho intramolecular Hbond substituents is 1. The van der Waals surface area contributed by atoms with Gasteiger partial charge >= 0.3 is 0 Å². The zero-order valence-electron chi connectivity index (χ0n) is 9.04. The third-order valence-corrected chi connectivity index (χ3v) is 2.31. The zero-order chi connectivity index (χ0) is 12.3. The van der Waals surface area contributed by atoms with Crippen molar-refractivity contribution in [2.24, 2.45) is 0 Å². The molecular weight excluding hydrogens is 226 g/mol. The summed E-state index contributed by atoms with van der Waals surface area (Å²) in [5.41, 5.74) is -0.559. The molecule has 1 amide bonds. The molecule has 0 atom stereocenters. The molecular formula is C12H12ClNO2. The summed E-state index contributed by atoms with van der Waals surface area (Å²) in [7, 11) is 0. The molecule has 0 aliphatic rings. The number of hydrogen-bond donors (Lipinski definition) is 2. The summed E-state index contributed by atoms with van der Waals surface area (Å²) in [6, 6.07) is 4.16. The van der Waals surface area contributed by atoms with Crippen molar-refractivity contribution in [3.63, 3.8) is 0 Å². The number of benzene rings is 1. The molecule has 0 aromatic heterocycles. The number of phenols is 1. The van der Waals surface area contributed by atoms with Crippen LogP contribution in [-0.2, 0) is 0 Å². The van der Waals surface area contributed by atoms with Crippen LogP contribution in [0.4, 0.5) is 0 Å². The van der Waals surface area contributed by atoms with E-state index in [4.69, 9.17) is 18.0 Å². The third kappa shape index (κ3) is 2.91. The number of carbonyl (C=O) groups excluding carboxylic acids is 1. The van der Waals surface area contributed by atoms with Crippen LogP contribution in [0, 0.1) is 12.3 Å². The molecule has 0 fully saturated rings. The molecule has 1 aromatic carbocycles. The van der Waals surface area contributed by atoms with Gasteiger partial charge in [-0.3, -0.25) is 4.79 Å². The van der Waals surface area contributed by atoms with Gasteiger partial charge < -0.3 is 10.4 Å². The molecule has 1 rings (SSSR count). The van der Waals surface area contributed by atoms with Crippen LogP contribution < -0.4 is 5.32 Å². The average molecular weight is 238 g/mol. The Balaban J connectivity index is 2.98. The van der Waals surface area contributed by atoms with Crippen molar-refractivity contribution in [2.75, 3.05) is 0 Å². The fraction of sp³-hybridized carbons (Fsp3) is 0.250. The average Bonchev–Trinajstić information content (AvgIpc) is 2.21. The highest BCUT2D eigenvalue weighted by Gasteiger charge is 2.20. The van der Waals surface area contributed by atoms with Crippen LogP contribution >= 0.6 is 11.6 Å². The highest BCUT2D eigenvalue weighted by Crippen LogP contribution is 2.21. The van der Waals surface area contributed by atoms with Crippen molar-refractivity contribution in [3.05, 3.63) is 28.8 Å². The molecule has 0 unspecified atom stereocenters. The molecule has 0 aliphatic heterocycles. The van der Waals surface area contributed by atoms with Crippen LogP contribution in [0.3, 0.4) is 0 Å². The number of nitrogens with one attached hydrogen (secondary N) is 1. The van der Waals surface area contributed by atoms with Crippen LogP contribution in [0.15, 0.2) is 18.2 Å². The van der Waals surface area contributed by atoms with Crippen molar-refractivity contribution >= 4 is 17.5 Å². The maximum absolute atomic E-state index is 11.8. The summed E-state index contributed by atoms with van der Waals surface area (Å²) in [6.07, 6.45) is 5.25. The lowest BCUT2D eigenvalue weighted by molar-refractivity contribution is 0.0929. The van der Waals surface area contributed by atoms with E-state index in [2.05, 4.69) is 11.2 Å². The first-order valence-corrected chi connectivity index (χ1v) is 5.02. The first kappa shape index (κ1) is 12.4. The molecule has 0 saturated carbocycles. The highest BCUT2D eigenvalue weighted by atomic mass is 35.5. The molecule has 84 valence electrons. The van der Waals surface area contributed by atoms with Crippen molar-refractivity contribution in [1.82, 2.24) is 5.32 Å². The minimum absolute atomic E-state index is 0.0203. The van der Waals surface area contributed by atoms with Crippen LogP contribution in [0.5, 0.6) is 5.75 Å². The minimum atomic E-state index is -0.758. The molecule has 0 saturated heterocycles. The second-order valence-corrected chi connectivity index (χ2v) is 4.29. The van der Waals surface area contributed by atoms with E-state index in [9.17, 15) is 9.90 Å². The van der Waals surface area contributed by atoms with E-state index in [0.29, 0.717) is 0 Å². The number of carbonyl (C=O) groups is 1. The lowest BCUT2D eigenvalue weighted by atomic mass is 10.1. The predicted octanol–water partition coefficient (Wildman–Crippen LogP) is 2.19. The molecule has 1 aromatic rings. The molecule has 0 bridgehead atoms. The van der Waals surface area contributed by atoms with Gasteiger partial charge in [-0.1, -0.05) is 17.5 Å². The van der Waals surface area contributed by atoms with E-state index in [-0.39, 0.29) is 16.3 Å². The molecule has 0 aliphatic carbocycles. The Labute approximate surface area is 99.4 Å². The maximum atomic E-state index is 11.8. The van der Waals surface area contributed by atoms with Gasteiger partial charge in [0.15, 0.2) is 0 Å². The monoisotopic (exact) mass is 237 g/mol. The van der Waals surface area contributed by atoms with Gasteiger partial charge in [-0.05, 0) is 32.0 Å². The van der Waals surface area contributed by atoms with Crippen LogP contribution in [0.2, 0.25) is 5.02 Å². The second-order valence-electron chi connectivity index (χ2n) is 3.89. The Morgan fingerprint density at radius 3 is 2.75 bits per heavy atom. The Morgan fingerprint density at radius 1 is 1.56 bits per heavy atom. The van der Waals surface area contributed by atoms with Crippen molar-refractivity contribution in [3.8, 4) is 18.1 Å². The summed E-state index contributed by atoms with van der Waals surface area (Å²) in [4.78, 5) is 11.8. The van der Waals surface area contributed by atoms with Gasteiger partial charge in [-0.2, -0.15) is 0 Å². The van der Waals surface area contributed by atoms with Gasteiger partial charge in [0.2, 0.25) is 0 Å². The molecule has 0 radical (unpaired) electrons. The van der Waals surface area contributed by atoms with E-state index < -0.39 is 11.4 Å². The Bertz CT molecular complexity index is 461. The molecule has 2 N–H and O–H groups in total. The van der Waals surface area contributed by atoms with Crippen molar-refractivity contribution in [2.45, 2.75) is 19.4 Å². The van der Waals surface area contributed by atoms with Gasteiger partial charge in [-0.15, -0.1) is 6.42 Å². The lowest BCUT2D eigenvalue weighted by Gasteiger charge is -2.19. The van der Waals surface area contributed by atoms with Crippen LogP contribution in [0.1, 0.15) is 24.2 Å². The molecule has 0 spiro atoms. The first-order valence-electron chi connectivity index (χ1n) is 4.64. The fourth-order valence-electron chi connectivity index (χ4n) is 1.07. The van der Waals surface area contributed by atoms with Gasteiger partial charge in [-0.25, -0.2) is 0 Å². The summed E-state index contributed by atoms with van der Waals surface area (Å²) in [6.45, 7) is 3.39. The smallest absolute Gasteiger partial charge is 0.254 e. The number of halogens is 1. The quantitative estimate of drug-likeness (QED) is 0.775. The van der Waals surface area contributed by atoms with Gasteiger partial charge in [0, 0.05) is 0 Å². The number of amides is 1. The third-order valence-electron chi connectivity index (χ3n) is 1.98. The van der Waals surface area contributed by atoms with E-state index in [0.717, 1.165) is 0 Å². The topological polar surface area (TPSA) is 49.3 Å². The zero-order valence-corrected chi connectivity index (χ0v) is 9.80.